The van der Waals surface area contributed by atoms with Crippen molar-refractivity contribution in [3.8, 4) is 5.75 Å². The summed E-state index contributed by atoms with van der Waals surface area (Å²) in [7, 11) is 0. The van der Waals surface area contributed by atoms with Gasteiger partial charge >= 0.3 is 12.2 Å². The Labute approximate surface area is 154 Å². The van der Waals surface area contributed by atoms with Gasteiger partial charge in [0.05, 0.1) is 19.7 Å². The molecule has 3 fully saturated rings. The zero-order valence-electron chi connectivity index (χ0n) is 14.8. The third-order valence-electron chi connectivity index (χ3n) is 5.24. The molecule has 9 heteroatoms. The molecule has 0 atom stereocenters. The number of alkyl carbamates (subject to hydrolysis) is 1. The van der Waals surface area contributed by atoms with E-state index >= 15 is 0 Å². The Kier molecular flexibility index (Phi) is 4.32. The van der Waals surface area contributed by atoms with Crippen molar-refractivity contribution < 1.29 is 32.6 Å². The molecule has 3 aliphatic rings. The number of hydrogen-bond acceptors (Lipinski definition) is 5. The Morgan fingerprint density at radius 3 is 2.74 bits per heavy atom. The molecule has 1 aliphatic carbocycles. The van der Waals surface area contributed by atoms with Gasteiger partial charge in [0.15, 0.2) is 11.6 Å². The summed E-state index contributed by atoms with van der Waals surface area (Å²) in [6.07, 6.45) is 0.130. The minimum atomic E-state index is -0.592. The number of nitrogens with one attached hydrogen (secondary N) is 1. The molecule has 1 saturated carbocycles. The van der Waals surface area contributed by atoms with Crippen LogP contribution in [0.25, 0.3) is 0 Å². The second-order valence-electron chi connectivity index (χ2n) is 7.52. The van der Waals surface area contributed by atoms with Crippen LogP contribution in [0.2, 0.25) is 0 Å². The van der Waals surface area contributed by atoms with Crippen molar-refractivity contribution in [2.24, 2.45) is 5.92 Å². The van der Waals surface area contributed by atoms with Gasteiger partial charge < -0.3 is 24.4 Å². The van der Waals surface area contributed by atoms with Crippen LogP contribution < -0.4 is 10.1 Å². The maximum absolute atomic E-state index is 13.7. The van der Waals surface area contributed by atoms with Crippen molar-refractivity contribution >= 4 is 12.2 Å². The number of benzene rings is 1. The average Bonchev–Trinajstić information content (AvgIpc) is 2.94. The molecule has 7 nitrogen and oxygen atoms in total. The van der Waals surface area contributed by atoms with Crippen LogP contribution in [0.5, 0.6) is 5.75 Å². The van der Waals surface area contributed by atoms with Gasteiger partial charge in [-0.05, 0) is 37.3 Å². The van der Waals surface area contributed by atoms with Crippen LogP contribution in [0.15, 0.2) is 12.1 Å². The number of halogens is 2. The number of rotatable bonds is 4. The first-order valence-corrected chi connectivity index (χ1v) is 8.82. The van der Waals surface area contributed by atoms with Crippen molar-refractivity contribution in [1.82, 2.24) is 10.2 Å². The highest BCUT2D eigenvalue weighted by Crippen LogP contribution is 2.33. The maximum atomic E-state index is 13.7. The lowest BCUT2D eigenvalue weighted by Gasteiger charge is -2.46. The molecule has 0 unspecified atom stereocenters. The molecule has 2 amide bonds. The highest BCUT2D eigenvalue weighted by Gasteiger charge is 2.52. The molecule has 2 saturated heterocycles. The number of aryl methyl sites for hydroxylation is 1. The molecular formula is C18H20F2N2O5. The number of cyclic esters (lactones) is 1. The van der Waals surface area contributed by atoms with Crippen LogP contribution in [0.3, 0.4) is 0 Å². The second-order valence-corrected chi connectivity index (χ2v) is 7.52. The van der Waals surface area contributed by atoms with E-state index < -0.39 is 29.4 Å². The van der Waals surface area contributed by atoms with Gasteiger partial charge in [-0.15, -0.1) is 0 Å². The van der Waals surface area contributed by atoms with E-state index in [1.54, 1.807) is 0 Å². The molecule has 0 bridgehead atoms. The molecule has 1 spiro atoms. The summed E-state index contributed by atoms with van der Waals surface area (Å²) in [4.78, 5) is 24.7. The molecule has 1 N–H and O–H groups in total. The summed E-state index contributed by atoms with van der Waals surface area (Å²) in [5, 5.41) is 2.70. The van der Waals surface area contributed by atoms with Crippen molar-refractivity contribution in [1.29, 1.82) is 0 Å². The number of nitrogens with zero attached hydrogens (tertiary/aromatic N) is 1. The van der Waals surface area contributed by atoms with Gasteiger partial charge in [-0.3, -0.25) is 0 Å². The van der Waals surface area contributed by atoms with Gasteiger partial charge in [0.2, 0.25) is 0 Å². The molecule has 146 valence electrons. The molecule has 2 heterocycles. The highest BCUT2D eigenvalue weighted by atomic mass is 19.1. The lowest BCUT2D eigenvalue weighted by atomic mass is 9.83. The SMILES string of the molecule is Cc1cc(F)c(OCC2CC(OC(=O)N3CC4(COC(=O)N4)C3)C2)cc1F. The fraction of sp³-hybridized carbons (Fsp3) is 0.556. The van der Waals surface area contributed by atoms with E-state index in [1.165, 1.54) is 11.8 Å². The monoisotopic (exact) mass is 382 g/mol. The predicted molar refractivity (Wildman–Crippen MR) is 88.4 cm³/mol. The third kappa shape index (κ3) is 3.50. The van der Waals surface area contributed by atoms with Crippen molar-refractivity contribution in [3.63, 3.8) is 0 Å². The predicted octanol–water partition coefficient (Wildman–Crippen LogP) is 2.36. The minimum Gasteiger partial charge on any atom is -0.490 e. The summed E-state index contributed by atoms with van der Waals surface area (Å²) < 4.78 is 42.9. The van der Waals surface area contributed by atoms with Crippen LogP contribution in [0.1, 0.15) is 18.4 Å². The van der Waals surface area contributed by atoms with Crippen molar-refractivity contribution in [2.75, 3.05) is 26.3 Å². The smallest absolute Gasteiger partial charge is 0.410 e. The Morgan fingerprint density at radius 1 is 1.33 bits per heavy atom. The zero-order valence-corrected chi connectivity index (χ0v) is 14.8. The molecule has 1 aromatic carbocycles. The molecule has 27 heavy (non-hydrogen) atoms. The molecule has 4 rings (SSSR count). The third-order valence-corrected chi connectivity index (χ3v) is 5.24. The number of carbonyl (C=O) groups is 2. The molecule has 2 aliphatic heterocycles. The first kappa shape index (κ1) is 17.8. The van der Waals surface area contributed by atoms with Crippen LogP contribution in [-0.4, -0.2) is 55.0 Å². The number of hydrogen-bond donors (Lipinski definition) is 1. The number of amides is 2. The van der Waals surface area contributed by atoms with E-state index in [2.05, 4.69) is 5.32 Å². The standard InChI is InChI=1S/C18H20F2N2O5/c1-10-2-14(20)15(5-13(10)19)25-6-11-3-12(4-11)27-17(24)22-7-18(8-22)9-26-16(23)21-18/h2,5,11-12H,3-4,6-9H2,1H3,(H,21,23). The van der Waals surface area contributed by atoms with E-state index in [4.69, 9.17) is 14.2 Å². The quantitative estimate of drug-likeness (QED) is 0.865. The molecule has 0 radical (unpaired) electrons. The van der Waals surface area contributed by atoms with Crippen LogP contribution in [-0.2, 0) is 9.47 Å². The van der Waals surface area contributed by atoms with E-state index in [1.807, 2.05) is 0 Å². The van der Waals surface area contributed by atoms with Gasteiger partial charge in [0.25, 0.3) is 0 Å². The number of likely N-dealkylation sites (tertiary alicyclic amines) is 1. The lowest BCUT2D eigenvalue weighted by Crippen LogP contribution is -2.70. The Morgan fingerprint density at radius 2 is 2.07 bits per heavy atom. The number of carbonyl (C=O) groups excluding carboxylic acids is 2. The highest BCUT2D eigenvalue weighted by molar-refractivity contribution is 5.74. The van der Waals surface area contributed by atoms with Gasteiger partial charge in [-0.25, -0.2) is 18.4 Å². The van der Waals surface area contributed by atoms with Gasteiger partial charge in [-0.1, -0.05) is 0 Å². The topological polar surface area (TPSA) is 77.1 Å². The van der Waals surface area contributed by atoms with Crippen molar-refractivity contribution in [3.05, 3.63) is 29.3 Å². The van der Waals surface area contributed by atoms with E-state index in [9.17, 15) is 18.4 Å². The molecule has 0 aromatic heterocycles. The summed E-state index contributed by atoms with van der Waals surface area (Å²) in [5.41, 5.74) is -0.244. The fourth-order valence-corrected chi connectivity index (χ4v) is 3.55. The van der Waals surface area contributed by atoms with E-state index in [0.717, 1.165) is 12.1 Å². The van der Waals surface area contributed by atoms with Gasteiger partial charge in [0.1, 0.15) is 24.1 Å². The van der Waals surface area contributed by atoms with Crippen molar-refractivity contribution in [2.45, 2.75) is 31.4 Å². The average molecular weight is 382 g/mol. The van der Waals surface area contributed by atoms with E-state index in [0.29, 0.717) is 25.9 Å². The first-order valence-electron chi connectivity index (χ1n) is 8.82. The van der Waals surface area contributed by atoms with Crippen LogP contribution in [0, 0.1) is 24.5 Å². The fourth-order valence-electron chi connectivity index (χ4n) is 3.55. The second kappa shape index (κ2) is 6.54. The van der Waals surface area contributed by atoms with Gasteiger partial charge in [0, 0.05) is 6.07 Å². The van der Waals surface area contributed by atoms with Gasteiger partial charge in [-0.2, -0.15) is 0 Å². The number of ether oxygens (including phenoxy) is 3. The van der Waals surface area contributed by atoms with Crippen LogP contribution >= 0.6 is 0 Å². The maximum Gasteiger partial charge on any atom is 0.410 e. The largest absolute Gasteiger partial charge is 0.490 e. The Bertz CT molecular complexity index is 775. The lowest BCUT2D eigenvalue weighted by molar-refractivity contribution is -0.0360. The summed E-state index contributed by atoms with van der Waals surface area (Å²) in [6, 6.07) is 2.15. The first-order chi connectivity index (χ1) is 12.8. The minimum absolute atomic E-state index is 0.106. The molecule has 1 aromatic rings. The molecular weight excluding hydrogens is 362 g/mol. The summed E-state index contributed by atoms with van der Waals surface area (Å²) >= 11 is 0. The van der Waals surface area contributed by atoms with E-state index in [-0.39, 0.29) is 36.5 Å². The Hall–Kier alpha value is -2.58. The van der Waals surface area contributed by atoms with Crippen LogP contribution in [0.4, 0.5) is 18.4 Å². The Balaban J connectivity index is 1.17. The summed E-state index contributed by atoms with van der Waals surface area (Å²) in [5.74, 6) is -1.09. The zero-order chi connectivity index (χ0) is 19.2. The summed E-state index contributed by atoms with van der Waals surface area (Å²) in [6.45, 7) is 2.73. The normalized spacial score (nSPS) is 25.3.